The molecule has 2 atom stereocenters. The van der Waals surface area contributed by atoms with Crippen LogP contribution in [-0.4, -0.2) is 48.2 Å². The molecule has 0 bridgehead atoms. The van der Waals surface area contributed by atoms with E-state index in [4.69, 9.17) is 21.4 Å². The number of benzene rings is 1. The highest BCUT2D eigenvalue weighted by atomic mass is 35.5. The molecule has 1 aromatic carbocycles. The molecule has 7 nitrogen and oxygen atoms in total. The maximum absolute atomic E-state index is 12.3. The van der Waals surface area contributed by atoms with Crippen molar-refractivity contribution >= 4 is 23.5 Å². The number of aliphatic carboxylic acids is 1. The van der Waals surface area contributed by atoms with Crippen LogP contribution < -0.4 is 0 Å². The van der Waals surface area contributed by atoms with Crippen LogP contribution in [-0.2, 0) is 14.3 Å². The number of likely N-dealkylation sites (tertiary alicyclic amines) is 1. The van der Waals surface area contributed by atoms with Gasteiger partial charge in [-0.2, -0.15) is 4.91 Å². The molecule has 24 heavy (non-hydrogen) atoms. The van der Waals surface area contributed by atoms with Crippen molar-refractivity contribution in [1.29, 1.82) is 0 Å². The molecule has 1 aliphatic rings. The molecule has 1 saturated heterocycles. The Morgan fingerprint density at radius 1 is 1.46 bits per heavy atom. The van der Waals surface area contributed by atoms with Gasteiger partial charge in [0, 0.05) is 24.2 Å². The van der Waals surface area contributed by atoms with E-state index >= 15 is 0 Å². The number of carbonyl (C=O) groups excluding carboxylic acids is 1. The van der Waals surface area contributed by atoms with Crippen LogP contribution in [0.1, 0.15) is 18.0 Å². The molecule has 0 spiro atoms. The van der Waals surface area contributed by atoms with Crippen molar-refractivity contribution in [3.05, 3.63) is 51.4 Å². The largest absolute Gasteiger partial charge is 0.478 e. The zero-order valence-corrected chi connectivity index (χ0v) is 13.8. The molecule has 1 heterocycles. The van der Waals surface area contributed by atoms with E-state index in [1.54, 1.807) is 29.2 Å². The van der Waals surface area contributed by atoms with Gasteiger partial charge in [-0.15, -0.1) is 0 Å². The Hall–Kier alpha value is -2.25. The van der Waals surface area contributed by atoms with E-state index in [9.17, 15) is 14.5 Å². The van der Waals surface area contributed by atoms with E-state index in [0.717, 1.165) is 6.08 Å². The van der Waals surface area contributed by atoms with Gasteiger partial charge in [-0.05, 0) is 23.6 Å². The second-order valence-corrected chi connectivity index (χ2v) is 5.79. The Balaban J connectivity index is 2.37. The molecule has 2 rings (SSSR count). The number of rotatable bonds is 5. The van der Waals surface area contributed by atoms with Crippen molar-refractivity contribution in [1.82, 2.24) is 4.90 Å². The quantitative estimate of drug-likeness (QED) is 0.496. The van der Waals surface area contributed by atoms with Gasteiger partial charge in [0.2, 0.25) is 0 Å². The van der Waals surface area contributed by atoms with E-state index in [2.05, 4.69) is 5.18 Å². The third-order valence-electron chi connectivity index (χ3n) is 3.93. The lowest BCUT2D eigenvalue weighted by atomic mass is 9.95. The summed E-state index contributed by atoms with van der Waals surface area (Å²) in [6, 6.07) is 5.40. The summed E-state index contributed by atoms with van der Waals surface area (Å²) in [5, 5.41) is 12.4. The number of carboxylic acid groups (broad SMARTS) is 1. The van der Waals surface area contributed by atoms with Gasteiger partial charge in [0.15, 0.2) is 0 Å². The molecule has 128 valence electrons. The van der Waals surface area contributed by atoms with E-state index < -0.39 is 24.0 Å². The van der Waals surface area contributed by atoms with Crippen LogP contribution in [0.15, 0.2) is 41.1 Å². The molecule has 0 aromatic heterocycles. The van der Waals surface area contributed by atoms with Gasteiger partial charge in [0.1, 0.15) is 12.1 Å². The smallest absolute Gasteiger partial charge is 0.328 e. The number of ether oxygens (including phenoxy) is 1. The number of carboxylic acids is 1. The molecule has 1 aliphatic heterocycles. The van der Waals surface area contributed by atoms with Crippen molar-refractivity contribution in [2.24, 2.45) is 5.18 Å². The van der Waals surface area contributed by atoms with Crippen LogP contribution in [0, 0.1) is 4.91 Å². The van der Waals surface area contributed by atoms with Crippen LogP contribution >= 0.6 is 11.6 Å². The zero-order chi connectivity index (χ0) is 17.7. The first-order chi connectivity index (χ1) is 11.5. The summed E-state index contributed by atoms with van der Waals surface area (Å²) < 4.78 is 4.88. The zero-order valence-electron chi connectivity index (χ0n) is 13.0. The fourth-order valence-corrected chi connectivity index (χ4v) is 3.05. The van der Waals surface area contributed by atoms with Crippen molar-refractivity contribution in [3.8, 4) is 0 Å². The van der Waals surface area contributed by atoms with Crippen molar-refractivity contribution in [3.63, 3.8) is 0 Å². The van der Waals surface area contributed by atoms with Gasteiger partial charge >= 0.3 is 11.9 Å². The summed E-state index contributed by atoms with van der Waals surface area (Å²) in [6.45, 7) is 0.506. The second kappa shape index (κ2) is 8.03. The Labute approximate surface area is 143 Å². The topological polar surface area (TPSA) is 96.3 Å². The minimum absolute atomic E-state index is 0.119. The molecule has 8 heteroatoms. The van der Waals surface area contributed by atoms with Gasteiger partial charge in [0.25, 0.3) is 0 Å². The van der Waals surface area contributed by atoms with Crippen molar-refractivity contribution < 1.29 is 19.4 Å². The number of nitrogens with zero attached hydrogens (tertiary/aromatic N) is 2. The van der Waals surface area contributed by atoms with Gasteiger partial charge in [-0.25, -0.2) is 9.59 Å². The van der Waals surface area contributed by atoms with Crippen LogP contribution in [0.2, 0.25) is 5.02 Å². The molecule has 1 N–H and O–H groups in total. The third kappa shape index (κ3) is 3.98. The molecule has 0 radical (unpaired) electrons. The maximum Gasteiger partial charge on any atom is 0.328 e. The molecule has 0 amide bonds. The Bertz CT molecular complexity index is 676. The van der Waals surface area contributed by atoms with E-state index in [-0.39, 0.29) is 6.54 Å². The lowest BCUT2D eigenvalue weighted by Gasteiger charge is -2.36. The second-order valence-electron chi connectivity index (χ2n) is 5.39. The number of piperidine rings is 1. The SMILES string of the molecule is COC(=O)[C@H](c1ccccc1Cl)N1CC[C@@H](N=O)C(=CC(=O)O)C1. The molecule has 1 fully saturated rings. The summed E-state index contributed by atoms with van der Waals surface area (Å²) in [5.74, 6) is -1.66. The number of methoxy groups -OCH3 is 1. The van der Waals surface area contributed by atoms with Crippen LogP contribution in [0.25, 0.3) is 0 Å². The average Bonchev–Trinajstić information content (AvgIpc) is 2.56. The summed E-state index contributed by atoms with van der Waals surface area (Å²) in [7, 11) is 1.28. The standard InChI is InChI=1S/C16H17ClN2O5/c1-24-16(22)15(11-4-2-3-5-12(11)17)19-7-6-13(18-23)10(9-19)8-14(20)21/h2-5,8,13,15H,6-7,9H2,1H3,(H,20,21)/t13-,15+/m1/s1. The predicted octanol–water partition coefficient (Wildman–Crippen LogP) is 2.41. The monoisotopic (exact) mass is 352 g/mol. The van der Waals surface area contributed by atoms with Gasteiger partial charge < -0.3 is 9.84 Å². The lowest BCUT2D eigenvalue weighted by molar-refractivity contribution is -0.147. The summed E-state index contributed by atoms with van der Waals surface area (Å²) in [5.41, 5.74) is 0.919. The first-order valence-electron chi connectivity index (χ1n) is 7.30. The fraction of sp³-hybridized carbons (Fsp3) is 0.375. The van der Waals surface area contributed by atoms with E-state index in [1.807, 2.05) is 0 Å². The van der Waals surface area contributed by atoms with Crippen LogP contribution in [0.3, 0.4) is 0 Å². The number of nitroso groups, excluding NO2 is 1. The molecular weight excluding hydrogens is 336 g/mol. The predicted molar refractivity (Wildman–Crippen MR) is 87.7 cm³/mol. The maximum atomic E-state index is 12.3. The fourth-order valence-electron chi connectivity index (χ4n) is 2.81. The third-order valence-corrected chi connectivity index (χ3v) is 4.27. The summed E-state index contributed by atoms with van der Waals surface area (Å²) >= 11 is 6.20. The first kappa shape index (κ1) is 18.1. The molecule has 1 aromatic rings. The van der Waals surface area contributed by atoms with Crippen molar-refractivity contribution in [2.75, 3.05) is 20.2 Å². The highest BCUT2D eigenvalue weighted by molar-refractivity contribution is 6.31. The van der Waals surface area contributed by atoms with Gasteiger partial charge in [-0.1, -0.05) is 35.0 Å². The summed E-state index contributed by atoms with van der Waals surface area (Å²) in [6.07, 6.45) is 1.29. The number of hydrogen-bond acceptors (Lipinski definition) is 6. The van der Waals surface area contributed by atoms with E-state index in [0.29, 0.717) is 29.1 Å². The summed E-state index contributed by atoms with van der Waals surface area (Å²) in [4.78, 5) is 35.9. The van der Waals surface area contributed by atoms with Crippen LogP contribution in [0.4, 0.5) is 0 Å². The Morgan fingerprint density at radius 3 is 2.75 bits per heavy atom. The van der Waals surface area contributed by atoms with Gasteiger partial charge in [-0.3, -0.25) is 4.90 Å². The lowest BCUT2D eigenvalue weighted by Crippen LogP contribution is -2.43. The Morgan fingerprint density at radius 2 is 2.17 bits per heavy atom. The number of esters is 1. The first-order valence-corrected chi connectivity index (χ1v) is 7.68. The average molecular weight is 353 g/mol. The molecule has 0 unspecified atom stereocenters. The van der Waals surface area contributed by atoms with Gasteiger partial charge in [0.05, 0.1) is 7.11 Å². The highest BCUT2D eigenvalue weighted by Crippen LogP contribution is 2.32. The highest BCUT2D eigenvalue weighted by Gasteiger charge is 2.35. The van der Waals surface area contributed by atoms with Crippen molar-refractivity contribution in [2.45, 2.75) is 18.5 Å². The number of halogens is 1. The number of carbonyl (C=O) groups is 2. The molecule has 0 saturated carbocycles. The van der Waals surface area contributed by atoms with E-state index in [1.165, 1.54) is 7.11 Å². The number of hydrogen-bond donors (Lipinski definition) is 1. The minimum atomic E-state index is -1.16. The van der Waals surface area contributed by atoms with Crippen LogP contribution in [0.5, 0.6) is 0 Å². The Kier molecular flexibility index (Phi) is 6.05. The minimum Gasteiger partial charge on any atom is -0.478 e. The normalized spacial score (nSPS) is 21.2. The molecule has 0 aliphatic carbocycles. The molecular formula is C16H17ClN2O5.